The summed E-state index contributed by atoms with van der Waals surface area (Å²) >= 11 is 0. The van der Waals surface area contributed by atoms with Crippen LogP contribution in [0.3, 0.4) is 0 Å². The number of halogens is 1. The van der Waals surface area contributed by atoms with E-state index in [0.29, 0.717) is 24.4 Å². The predicted molar refractivity (Wildman–Crippen MR) is 120 cm³/mol. The van der Waals surface area contributed by atoms with Gasteiger partial charge in [0.15, 0.2) is 0 Å². The molecule has 0 saturated carbocycles. The van der Waals surface area contributed by atoms with Gasteiger partial charge in [-0.05, 0) is 79.2 Å². The number of urea groups is 1. The molecule has 0 spiro atoms. The summed E-state index contributed by atoms with van der Waals surface area (Å²) in [4.78, 5) is 30.1. The van der Waals surface area contributed by atoms with E-state index >= 15 is 0 Å². The highest BCUT2D eigenvalue weighted by Gasteiger charge is 2.38. The van der Waals surface area contributed by atoms with Crippen molar-refractivity contribution in [2.75, 3.05) is 33.2 Å². The summed E-state index contributed by atoms with van der Waals surface area (Å²) in [6, 6.07) is 11.7. The van der Waals surface area contributed by atoms with Gasteiger partial charge in [0, 0.05) is 31.7 Å². The van der Waals surface area contributed by atoms with Gasteiger partial charge in [-0.3, -0.25) is 4.79 Å². The fraction of sp³-hybridized carbons (Fsp3) is 0.440. The van der Waals surface area contributed by atoms with Crippen molar-refractivity contribution in [1.82, 2.24) is 20.4 Å². The molecule has 0 aliphatic carbocycles. The van der Waals surface area contributed by atoms with Crippen LogP contribution >= 0.6 is 0 Å². The van der Waals surface area contributed by atoms with E-state index in [0.717, 1.165) is 49.2 Å². The van der Waals surface area contributed by atoms with Gasteiger partial charge in [-0.1, -0.05) is 18.2 Å². The van der Waals surface area contributed by atoms with Crippen molar-refractivity contribution in [2.45, 2.75) is 31.3 Å². The van der Waals surface area contributed by atoms with Crippen LogP contribution in [0.2, 0.25) is 0 Å². The van der Waals surface area contributed by atoms with Gasteiger partial charge in [-0.15, -0.1) is 0 Å². The Bertz CT molecular complexity index is 1020. The largest absolute Gasteiger partial charge is 0.355 e. The molecule has 4 aliphatic rings. The third-order valence-corrected chi connectivity index (χ3v) is 7.28. The van der Waals surface area contributed by atoms with Crippen LogP contribution in [0.25, 0.3) is 0 Å². The van der Waals surface area contributed by atoms with E-state index in [1.165, 1.54) is 12.1 Å². The predicted octanol–water partition coefficient (Wildman–Crippen LogP) is 2.94. The summed E-state index contributed by atoms with van der Waals surface area (Å²) in [6.07, 6.45) is 2.98. The van der Waals surface area contributed by atoms with E-state index in [1.807, 2.05) is 23.1 Å². The third kappa shape index (κ3) is 3.86. The van der Waals surface area contributed by atoms with Gasteiger partial charge >= 0.3 is 6.03 Å². The van der Waals surface area contributed by atoms with E-state index in [-0.39, 0.29) is 29.8 Å². The van der Waals surface area contributed by atoms with Crippen molar-refractivity contribution in [3.63, 3.8) is 0 Å². The lowest BCUT2D eigenvalue weighted by Gasteiger charge is -2.46. The van der Waals surface area contributed by atoms with Crippen molar-refractivity contribution >= 4 is 11.9 Å². The summed E-state index contributed by atoms with van der Waals surface area (Å²) in [6.45, 7) is 3.72. The number of rotatable bonds is 3. The zero-order valence-corrected chi connectivity index (χ0v) is 18.3. The normalized spacial score (nSPS) is 26.4. The number of hydrogen-bond acceptors (Lipinski definition) is 3. The van der Waals surface area contributed by atoms with E-state index in [9.17, 15) is 14.0 Å². The summed E-state index contributed by atoms with van der Waals surface area (Å²) < 4.78 is 13.7. The molecule has 4 heterocycles. The number of nitrogens with zero attached hydrogens (tertiary/aromatic N) is 2. The average molecular weight is 437 g/mol. The molecule has 2 N–H and O–H groups in total. The first-order chi connectivity index (χ1) is 15.5. The summed E-state index contributed by atoms with van der Waals surface area (Å²) in [5.41, 5.74) is 3.43. The molecule has 3 saturated heterocycles. The Morgan fingerprint density at radius 3 is 2.44 bits per heavy atom. The first-order valence-electron chi connectivity index (χ1n) is 11.4. The second-order valence-corrected chi connectivity index (χ2v) is 9.08. The van der Waals surface area contributed by atoms with Crippen molar-refractivity contribution in [2.24, 2.45) is 5.92 Å². The molecule has 32 heavy (non-hydrogen) atoms. The Hall–Kier alpha value is -2.93. The summed E-state index contributed by atoms with van der Waals surface area (Å²) in [5, 5.41) is 5.97. The van der Waals surface area contributed by atoms with Crippen molar-refractivity contribution < 1.29 is 14.0 Å². The number of carbonyl (C=O) groups is 2. The molecule has 168 valence electrons. The smallest absolute Gasteiger partial charge is 0.318 e. The van der Waals surface area contributed by atoms with Gasteiger partial charge in [-0.25, -0.2) is 9.18 Å². The van der Waals surface area contributed by atoms with Gasteiger partial charge in [0.1, 0.15) is 5.82 Å². The maximum atomic E-state index is 13.7. The SMILES string of the molecule is CNC(=O)c1ccc2c(c1)[C@H](c1ccc(F)cc1)N(C(=O)N[C@@H]1CN3CCC1CC3)CC2. The minimum absolute atomic E-state index is 0.0888. The lowest BCUT2D eigenvalue weighted by atomic mass is 9.84. The zero-order chi connectivity index (χ0) is 22.2. The maximum absolute atomic E-state index is 13.7. The molecule has 4 aliphatic heterocycles. The number of nitrogens with one attached hydrogen (secondary N) is 2. The fourth-order valence-corrected chi connectivity index (χ4v) is 5.49. The van der Waals surface area contributed by atoms with Crippen LogP contribution in [-0.4, -0.2) is 61.0 Å². The highest BCUT2D eigenvalue weighted by atomic mass is 19.1. The fourth-order valence-electron chi connectivity index (χ4n) is 5.49. The number of benzene rings is 2. The first-order valence-corrected chi connectivity index (χ1v) is 11.4. The van der Waals surface area contributed by atoms with E-state index < -0.39 is 0 Å². The summed E-state index contributed by atoms with van der Waals surface area (Å²) in [5.74, 6) is 0.0526. The van der Waals surface area contributed by atoms with Crippen LogP contribution in [0.4, 0.5) is 9.18 Å². The molecule has 6 rings (SSSR count). The molecular formula is C25H29FN4O2. The number of fused-ring (bicyclic) bond motifs is 4. The van der Waals surface area contributed by atoms with Crippen LogP contribution in [0.1, 0.15) is 45.9 Å². The first kappa shape index (κ1) is 20.9. The van der Waals surface area contributed by atoms with Crippen LogP contribution in [0, 0.1) is 11.7 Å². The highest BCUT2D eigenvalue weighted by Crippen LogP contribution is 2.36. The van der Waals surface area contributed by atoms with Gasteiger partial charge in [0.25, 0.3) is 5.91 Å². The van der Waals surface area contributed by atoms with Gasteiger partial charge in [-0.2, -0.15) is 0 Å². The molecule has 7 heteroatoms. The van der Waals surface area contributed by atoms with Crippen LogP contribution in [-0.2, 0) is 6.42 Å². The molecule has 2 atom stereocenters. The minimum atomic E-state index is -0.370. The summed E-state index contributed by atoms with van der Waals surface area (Å²) in [7, 11) is 1.60. The Morgan fingerprint density at radius 1 is 1.03 bits per heavy atom. The number of amides is 3. The third-order valence-electron chi connectivity index (χ3n) is 7.28. The Labute approximate surface area is 187 Å². The molecule has 0 aromatic heterocycles. The Balaban J connectivity index is 1.48. The van der Waals surface area contributed by atoms with E-state index in [2.05, 4.69) is 15.5 Å². The lowest BCUT2D eigenvalue weighted by molar-refractivity contribution is 0.0715. The molecule has 0 unspecified atom stereocenters. The minimum Gasteiger partial charge on any atom is -0.355 e. The Kier molecular flexibility index (Phi) is 5.59. The number of piperidine rings is 3. The van der Waals surface area contributed by atoms with Gasteiger partial charge in [0.2, 0.25) is 0 Å². The highest BCUT2D eigenvalue weighted by molar-refractivity contribution is 5.94. The second-order valence-electron chi connectivity index (χ2n) is 9.08. The zero-order valence-electron chi connectivity index (χ0n) is 18.3. The van der Waals surface area contributed by atoms with E-state index in [1.54, 1.807) is 19.2 Å². The molecule has 3 amide bonds. The van der Waals surface area contributed by atoms with Gasteiger partial charge < -0.3 is 20.4 Å². The molecule has 6 nitrogen and oxygen atoms in total. The van der Waals surface area contributed by atoms with Crippen molar-refractivity contribution in [3.05, 3.63) is 70.5 Å². The van der Waals surface area contributed by atoms with Crippen molar-refractivity contribution in [3.8, 4) is 0 Å². The maximum Gasteiger partial charge on any atom is 0.318 e. The number of hydrogen-bond donors (Lipinski definition) is 2. The molecule has 2 aromatic carbocycles. The van der Waals surface area contributed by atoms with Crippen LogP contribution in [0.5, 0.6) is 0 Å². The van der Waals surface area contributed by atoms with Crippen LogP contribution in [0.15, 0.2) is 42.5 Å². The quantitative estimate of drug-likeness (QED) is 0.778. The lowest BCUT2D eigenvalue weighted by Crippen LogP contribution is -2.59. The molecule has 3 fully saturated rings. The molecule has 2 aromatic rings. The molecule has 2 bridgehead atoms. The molecule has 0 radical (unpaired) electrons. The van der Waals surface area contributed by atoms with Crippen molar-refractivity contribution in [1.29, 1.82) is 0 Å². The monoisotopic (exact) mass is 436 g/mol. The van der Waals surface area contributed by atoms with Crippen LogP contribution < -0.4 is 10.6 Å². The Morgan fingerprint density at radius 2 is 1.78 bits per heavy atom. The molecular weight excluding hydrogens is 407 g/mol. The van der Waals surface area contributed by atoms with E-state index in [4.69, 9.17) is 0 Å². The standard InChI is InChI=1S/C25H29FN4O2/c1-27-24(31)19-3-2-16-10-13-30(23(21(16)14-19)18-4-6-20(26)7-5-18)25(32)28-22-15-29-11-8-17(22)9-12-29/h2-7,14,17,22-23H,8-13,15H2,1H3,(H,27,31)(H,28,32)/t22-,23+/m1/s1. The topological polar surface area (TPSA) is 64.7 Å². The second kappa shape index (κ2) is 8.54. The number of carbonyl (C=O) groups excluding carboxylic acids is 2. The average Bonchev–Trinajstić information content (AvgIpc) is 2.83. The van der Waals surface area contributed by atoms with Gasteiger partial charge in [0.05, 0.1) is 6.04 Å².